The van der Waals surface area contributed by atoms with Crippen LogP contribution in [-0.4, -0.2) is 35.0 Å². The average molecular weight is 358 g/mol. The summed E-state index contributed by atoms with van der Waals surface area (Å²) in [6.07, 6.45) is 0. The molecule has 2 aromatic rings. The third kappa shape index (κ3) is 3.66. The highest BCUT2D eigenvalue weighted by Gasteiger charge is 2.16. The van der Waals surface area contributed by atoms with E-state index >= 15 is 0 Å². The monoisotopic (exact) mass is 358 g/mol. The number of carbonyl (C=O) groups is 3. The van der Waals surface area contributed by atoms with Crippen LogP contribution in [0.1, 0.15) is 26.3 Å². The lowest BCUT2D eigenvalue weighted by Crippen LogP contribution is -2.29. The van der Waals surface area contributed by atoms with Crippen LogP contribution in [0.25, 0.3) is 0 Å². The predicted molar refractivity (Wildman–Crippen MR) is 88.8 cm³/mol. The molecule has 0 bridgehead atoms. The van der Waals surface area contributed by atoms with Crippen molar-refractivity contribution in [2.75, 3.05) is 12.1 Å². The Morgan fingerprint density at radius 2 is 1.73 bits per heavy atom. The van der Waals surface area contributed by atoms with E-state index in [2.05, 4.69) is 10.6 Å². The molecule has 0 unspecified atom stereocenters. The van der Waals surface area contributed by atoms with Gasteiger partial charge in [0, 0.05) is 6.54 Å². The molecule has 0 saturated heterocycles. The van der Waals surface area contributed by atoms with Gasteiger partial charge in [0.25, 0.3) is 0 Å². The first kappa shape index (κ1) is 17.1. The zero-order chi connectivity index (χ0) is 18.7. The number of anilines is 1. The number of hydrogen-bond acceptors (Lipinski definition) is 5. The van der Waals surface area contributed by atoms with Crippen LogP contribution in [0.4, 0.5) is 10.5 Å². The van der Waals surface area contributed by atoms with Gasteiger partial charge in [-0.2, -0.15) is 0 Å². The van der Waals surface area contributed by atoms with E-state index in [0.29, 0.717) is 11.5 Å². The van der Waals surface area contributed by atoms with Crippen LogP contribution in [0.5, 0.6) is 11.5 Å². The summed E-state index contributed by atoms with van der Waals surface area (Å²) in [6, 6.07) is 8.01. The van der Waals surface area contributed by atoms with Gasteiger partial charge in [0.15, 0.2) is 11.5 Å². The summed E-state index contributed by atoms with van der Waals surface area (Å²) < 4.78 is 10.5. The molecule has 4 N–H and O–H groups in total. The Morgan fingerprint density at radius 1 is 0.962 bits per heavy atom. The molecule has 1 aliphatic heterocycles. The highest BCUT2D eigenvalue weighted by atomic mass is 16.7. The van der Waals surface area contributed by atoms with Crippen LogP contribution in [0, 0.1) is 0 Å². The number of carboxylic acids is 2. The van der Waals surface area contributed by atoms with Crippen molar-refractivity contribution in [1.29, 1.82) is 0 Å². The smallest absolute Gasteiger partial charge is 0.337 e. The lowest BCUT2D eigenvalue weighted by molar-refractivity contribution is 0.0696. The van der Waals surface area contributed by atoms with Gasteiger partial charge in [-0.15, -0.1) is 0 Å². The topological polar surface area (TPSA) is 134 Å². The molecule has 2 aromatic carbocycles. The molecule has 1 aliphatic rings. The fraction of sp³-hybridized carbons (Fsp3) is 0.118. The maximum atomic E-state index is 12.0. The number of carbonyl (C=O) groups excluding carboxylic acids is 1. The molecule has 2 amide bonds. The molecule has 0 radical (unpaired) electrons. The van der Waals surface area contributed by atoms with E-state index in [-0.39, 0.29) is 30.2 Å². The van der Waals surface area contributed by atoms with Crippen LogP contribution in [0.3, 0.4) is 0 Å². The first-order chi connectivity index (χ1) is 12.4. The lowest BCUT2D eigenvalue weighted by Gasteiger charge is -2.11. The molecule has 0 atom stereocenters. The van der Waals surface area contributed by atoms with Crippen molar-refractivity contribution in [2.45, 2.75) is 6.54 Å². The van der Waals surface area contributed by atoms with Crippen LogP contribution in [-0.2, 0) is 6.54 Å². The number of amides is 2. The van der Waals surface area contributed by atoms with Crippen LogP contribution >= 0.6 is 0 Å². The molecule has 1 heterocycles. The highest BCUT2D eigenvalue weighted by molar-refractivity contribution is 6.02. The van der Waals surface area contributed by atoms with Gasteiger partial charge in [-0.3, -0.25) is 0 Å². The summed E-state index contributed by atoms with van der Waals surface area (Å²) >= 11 is 0. The van der Waals surface area contributed by atoms with Crippen molar-refractivity contribution in [3.05, 3.63) is 53.1 Å². The van der Waals surface area contributed by atoms with Gasteiger partial charge in [-0.1, -0.05) is 6.07 Å². The Bertz CT molecular complexity index is 895. The molecular formula is C17H14N2O7. The molecule has 0 fully saturated rings. The number of rotatable bonds is 5. The first-order valence-corrected chi connectivity index (χ1v) is 7.48. The van der Waals surface area contributed by atoms with E-state index in [1.165, 1.54) is 12.1 Å². The highest BCUT2D eigenvalue weighted by Crippen LogP contribution is 2.32. The second-order valence-corrected chi connectivity index (χ2v) is 5.37. The number of nitrogens with one attached hydrogen (secondary N) is 2. The van der Waals surface area contributed by atoms with Crippen LogP contribution < -0.4 is 20.1 Å². The first-order valence-electron chi connectivity index (χ1n) is 7.48. The van der Waals surface area contributed by atoms with E-state index in [1.807, 2.05) is 0 Å². The SMILES string of the molecule is O=C(NCc1ccc2c(c1)OCO2)Nc1ccc(C(=O)O)cc1C(=O)O. The maximum Gasteiger partial charge on any atom is 0.337 e. The minimum absolute atomic E-state index is 0.00862. The van der Waals surface area contributed by atoms with Crippen molar-refractivity contribution in [2.24, 2.45) is 0 Å². The number of aromatic carboxylic acids is 2. The maximum absolute atomic E-state index is 12.0. The van der Waals surface area contributed by atoms with Gasteiger partial charge in [0.05, 0.1) is 16.8 Å². The number of benzene rings is 2. The molecule has 134 valence electrons. The largest absolute Gasteiger partial charge is 0.478 e. The summed E-state index contributed by atoms with van der Waals surface area (Å²) in [7, 11) is 0. The summed E-state index contributed by atoms with van der Waals surface area (Å²) in [5, 5.41) is 23.1. The molecule has 0 saturated carbocycles. The second kappa shape index (κ2) is 7.01. The Labute approximate surface area is 147 Å². The Kier molecular flexibility index (Phi) is 4.61. The molecule has 9 nitrogen and oxygen atoms in total. The number of ether oxygens (including phenoxy) is 2. The van der Waals surface area contributed by atoms with Gasteiger partial charge < -0.3 is 30.3 Å². The van der Waals surface area contributed by atoms with Gasteiger partial charge in [-0.05, 0) is 35.9 Å². The number of urea groups is 1. The Hall–Kier alpha value is -3.75. The van der Waals surface area contributed by atoms with E-state index in [4.69, 9.17) is 14.6 Å². The number of carboxylic acid groups (broad SMARTS) is 2. The lowest BCUT2D eigenvalue weighted by atomic mass is 10.1. The third-order valence-corrected chi connectivity index (χ3v) is 3.64. The summed E-state index contributed by atoms with van der Waals surface area (Å²) in [6.45, 7) is 0.328. The molecule has 0 aliphatic carbocycles. The average Bonchev–Trinajstić information content (AvgIpc) is 3.07. The van der Waals surface area contributed by atoms with E-state index < -0.39 is 18.0 Å². The normalized spacial score (nSPS) is 11.7. The minimum atomic E-state index is -1.35. The fourth-order valence-electron chi connectivity index (χ4n) is 2.36. The van der Waals surface area contributed by atoms with Gasteiger partial charge >= 0.3 is 18.0 Å². The zero-order valence-electron chi connectivity index (χ0n) is 13.3. The van der Waals surface area contributed by atoms with Crippen molar-refractivity contribution >= 4 is 23.7 Å². The van der Waals surface area contributed by atoms with E-state index in [0.717, 1.165) is 11.6 Å². The number of fused-ring (bicyclic) bond motifs is 1. The van der Waals surface area contributed by atoms with Crippen LogP contribution in [0.15, 0.2) is 36.4 Å². The molecule has 26 heavy (non-hydrogen) atoms. The molecule has 9 heteroatoms. The summed E-state index contributed by atoms with van der Waals surface area (Å²) in [5.41, 5.74) is 0.256. The van der Waals surface area contributed by atoms with Crippen molar-refractivity contribution < 1.29 is 34.1 Å². The number of hydrogen-bond donors (Lipinski definition) is 4. The van der Waals surface area contributed by atoms with Crippen molar-refractivity contribution in [3.63, 3.8) is 0 Å². The van der Waals surface area contributed by atoms with Crippen LogP contribution in [0.2, 0.25) is 0 Å². The summed E-state index contributed by atoms with van der Waals surface area (Å²) in [5.74, 6) is -1.39. The predicted octanol–water partition coefficient (Wildman–Crippen LogP) is 2.13. The van der Waals surface area contributed by atoms with Crippen molar-refractivity contribution in [3.8, 4) is 11.5 Å². The van der Waals surface area contributed by atoms with E-state index in [1.54, 1.807) is 18.2 Å². The Balaban J connectivity index is 1.66. The molecule has 0 spiro atoms. The van der Waals surface area contributed by atoms with Gasteiger partial charge in [0.2, 0.25) is 6.79 Å². The Morgan fingerprint density at radius 3 is 2.46 bits per heavy atom. The quantitative estimate of drug-likeness (QED) is 0.643. The fourth-order valence-corrected chi connectivity index (χ4v) is 2.36. The third-order valence-electron chi connectivity index (χ3n) is 3.64. The molecule has 3 rings (SSSR count). The minimum Gasteiger partial charge on any atom is -0.478 e. The summed E-state index contributed by atoms with van der Waals surface area (Å²) in [4.78, 5) is 34.2. The van der Waals surface area contributed by atoms with E-state index in [9.17, 15) is 19.5 Å². The molecular weight excluding hydrogens is 344 g/mol. The zero-order valence-corrected chi connectivity index (χ0v) is 13.3. The second-order valence-electron chi connectivity index (χ2n) is 5.37. The van der Waals surface area contributed by atoms with Gasteiger partial charge in [-0.25, -0.2) is 14.4 Å². The molecule has 0 aromatic heterocycles. The van der Waals surface area contributed by atoms with Gasteiger partial charge in [0.1, 0.15) is 0 Å². The van der Waals surface area contributed by atoms with Crippen molar-refractivity contribution in [1.82, 2.24) is 5.32 Å². The standard InChI is InChI=1S/C17H14N2O7/c20-15(21)10-2-3-12(11(6-10)16(22)23)19-17(24)18-7-9-1-4-13-14(5-9)26-8-25-13/h1-6H,7-8H2,(H,20,21)(H,22,23)(H2,18,19,24).